The summed E-state index contributed by atoms with van der Waals surface area (Å²) in [5.41, 5.74) is 11.6. The number of hydrogen-bond acceptors (Lipinski definition) is 3. The van der Waals surface area contributed by atoms with Crippen molar-refractivity contribution in [2.24, 2.45) is 0 Å². The third kappa shape index (κ3) is 4.93. The SMILES string of the molecule is CC(NCc1ccc2c(ccc3ccc(SCc4ccc5ccccc5c4)c(N)c32)c1)c1ccccc1. The number of hydrogen-bond donors (Lipinski definition) is 2. The van der Waals surface area contributed by atoms with E-state index in [1.807, 2.05) is 11.8 Å². The molecular weight excluding hydrogens is 468 g/mol. The molecule has 0 bridgehead atoms. The van der Waals surface area contributed by atoms with Crippen LogP contribution in [0.5, 0.6) is 0 Å². The highest BCUT2D eigenvalue weighted by atomic mass is 32.2. The number of benzene rings is 6. The van der Waals surface area contributed by atoms with Crippen LogP contribution in [0.1, 0.15) is 29.7 Å². The van der Waals surface area contributed by atoms with Crippen molar-refractivity contribution in [2.45, 2.75) is 30.2 Å². The molecule has 0 heterocycles. The normalized spacial score (nSPS) is 12.4. The molecule has 3 N–H and O–H groups in total. The second kappa shape index (κ2) is 10.3. The molecule has 6 aromatic rings. The van der Waals surface area contributed by atoms with Crippen LogP contribution in [0.15, 0.2) is 120 Å². The molecule has 6 rings (SSSR count). The van der Waals surface area contributed by atoms with Crippen LogP contribution in [-0.4, -0.2) is 0 Å². The number of nitrogens with two attached hydrogens (primary N) is 1. The van der Waals surface area contributed by atoms with E-state index in [1.54, 1.807) is 0 Å². The van der Waals surface area contributed by atoms with Gasteiger partial charge in [-0.1, -0.05) is 103 Å². The molecule has 0 spiro atoms. The van der Waals surface area contributed by atoms with Crippen LogP contribution in [0.2, 0.25) is 0 Å². The highest BCUT2D eigenvalue weighted by Crippen LogP contribution is 2.38. The van der Waals surface area contributed by atoms with Gasteiger partial charge in [-0.3, -0.25) is 0 Å². The minimum absolute atomic E-state index is 0.298. The molecule has 0 aliphatic carbocycles. The molecule has 0 saturated carbocycles. The summed E-state index contributed by atoms with van der Waals surface area (Å²) in [5, 5.41) is 11.0. The van der Waals surface area contributed by atoms with Gasteiger partial charge in [0.05, 0.1) is 5.69 Å². The lowest BCUT2D eigenvalue weighted by atomic mass is 9.98. The number of thioether (sulfide) groups is 1. The van der Waals surface area contributed by atoms with Gasteiger partial charge in [0, 0.05) is 28.6 Å². The Hall–Kier alpha value is -3.79. The summed E-state index contributed by atoms with van der Waals surface area (Å²) in [7, 11) is 0. The van der Waals surface area contributed by atoms with Crippen molar-refractivity contribution < 1.29 is 0 Å². The molecule has 0 saturated heterocycles. The first-order valence-corrected chi connectivity index (χ1v) is 13.8. The molecule has 0 aliphatic rings. The predicted molar refractivity (Wildman–Crippen MR) is 161 cm³/mol. The molecule has 37 heavy (non-hydrogen) atoms. The molecule has 2 nitrogen and oxygen atoms in total. The fourth-order valence-corrected chi connectivity index (χ4v) is 5.99. The Morgan fingerprint density at radius 3 is 2.22 bits per heavy atom. The lowest BCUT2D eigenvalue weighted by Crippen LogP contribution is -2.17. The highest BCUT2D eigenvalue weighted by molar-refractivity contribution is 7.98. The maximum atomic E-state index is 6.81. The Bertz CT molecular complexity index is 1710. The molecule has 3 heteroatoms. The van der Waals surface area contributed by atoms with Crippen molar-refractivity contribution >= 4 is 49.8 Å². The molecule has 0 radical (unpaired) electrons. The second-order valence-corrected chi connectivity index (χ2v) is 10.7. The topological polar surface area (TPSA) is 38.0 Å². The average molecular weight is 499 g/mol. The summed E-state index contributed by atoms with van der Waals surface area (Å²) in [6.45, 7) is 3.03. The quantitative estimate of drug-likeness (QED) is 0.131. The van der Waals surface area contributed by atoms with Crippen molar-refractivity contribution in [3.63, 3.8) is 0 Å². The molecule has 0 aromatic heterocycles. The summed E-state index contributed by atoms with van der Waals surface area (Å²) >= 11 is 1.81. The number of rotatable bonds is 7. The largest absolute Gasteiger partial charge is 0.397 e. The zero-order valence-corrected chi connectivity index (χ0v) is 21.8. The van der Waals surface area contributed by atoms with Crippen molar-refractivity contribution in [1.82, 2.24) is 5.32 Å². The van der Waals surface area contributed by atoms with Gasteiger partial charge in [-0.15, -0.1) is 11.8 Å². The van der Waals surface area contributed by atoms with E-state index in [0.29, 0.717) is 6.04 Å². The monoisotopic (exact) mass is 498 g/mol. The fraction of sp³-hybridized carbons (Fsp3) is 0.118. The summed E-state index contributed by atoms with van der Waals surface area (Å²) in [6, 6.07) is 41.6. The molecule has 0 aliphatic heterocycles. The van der Waals surface area contributed by atoms with Crippen LogP contribution in [0, 0.1) is 0 Å². The van der Waals surface area contributed by atoms with E-state index in [0.717, 1.165) is 28.3 Å². The third-order valence-corrected chi connectivity index (χ3v) is 8.33. The number of fused-ring (bicyclic) bond motifs is 4. The highest BCUT2D eigenvalue weighted by Gasteiger charge is 2.11. The summed E-state index contributed by atoms with van der Waals surface area (Å²) in [5.74, 6) is 0.890. The lowest BCUT2D eigenvalue weighted by Gasteiger charge is -2.15. The van der Waals surface area contributed by atoms with E-state index in [4.69, 9.17) is 5.73 Å². The first-order valence-electron chi connectivity index (χ1n) is 12.8. The Balaban J connectivity index is 1.24. The van der Waals surface area contributed by atoms with Crippen molar-refractivity contribution in [2.75, 3.05) is 5.73 Å². The van der Waals surface area contributed by atoms with Crippen molar-refractivity contribution in [3.05, 3.63) is 132 Å². The Morgan fingerprint density at radius 1 is 0.676 bits per heavy atom. The first kappa shape index (κ1) is 23.6. The summed E-state index contributed by atoms with van der Waals surface area (Å²) < 4.78 is 0. The van der Waals surface area contributed by atoms with E-state index in [1.165, 1.54) is 43.6 Å². The minimum atomic E-state index is 0.298. The van der Waals surface area contributed by atoms with Crippen LogP contribution in [0.3, 0.4) is 0 Å². The van der Waals surface area contributed by atoms with E-state index in [-0.39, 0.29) is 0 Å². The minimum Gasteiger partial charge on any atom is -0.397 e. The smallest absolute Gasteiger partial charge is 0.0538 e. The molecular formula is C34H30N2S. The van der Waals surface area contributed by atoms with E-state index < -0.39 is 0 Å². The molecule has 182 valence electrons. The van der Waals surface area contributed by atoms with E-state index in [9.17, 15) is 0 Å². The molecule has 1 unspecified atom stereocenters. The van der Waals surface area contributed by atoms with E-state index in [2.05, 4.69) is 128 Å². The zero-order valence-electron chi connectivity index (χ0n) is 20.9. The number of anilines is 1. The lowest BCUT2D eigenvalue weighted by molar-refractivity contribution is 0.575. The maximum Gasteiger partial charge on any atom is 0.0538 e. The number of nitrogen functional groups attached to an aromatic ring is 1. The fourth-order valence-electron chi connectivity index (χ4n) is 5.07. The molecule has 6 aromatic carbocycles. The second-order valence-electron chi connectivity index (χ2n) is 9.68. The van der Waals surface area contributed by atoms with Gasteiger partial charge in [-0.2, -0.15) is 0 Å². The van der Waals surface area contributed by atoms with Gasteiger partial charge in [-0.05, 0) is 62.7 Å². The van der Waals surface area contributed by atoms with Gasteiger partial charge in [0.2, 0.25) is 0 Å². The Morgan fingerprint density at radius 2 is 1.35 bits per heavy atom. The molecule has 1 atom stereocenters. The zero-order chi connectivity index (χ0) is 25.2. The van der Waals surface area contributed by atoms with Gasteiger partial charge in [-0.25, -0.2) is 0 Å². The number of nitrogens with one attached hydrogen (secondary N) is 1. The van der Waals surface area contributed by atoms with Gasteiger partial charge in [0.1, 0.15) is 0 Å². The average Bonchev–Trinajstić information content (AvgIpc) is 2.95. The molecule has 0 fully saturated rings. The van der Waals surface area contributed by atoms with Crippen molar-refractivity contribution in [1.29, 1.82) is 0 Å². The van der Waals surface area contributed by atoms with Crippen LogP contribution in [0.4, 0.5) is 5.69 Å². The Labute approximate surface area is 222 Å². The van der Waals surface area contributed by atoms with Crippen molar-refractivity contribution in [3.8, 4) is 0 Å². The van der Waals surface area contributed by atoms with Gasteiger partial charge >= 0.3 is 0 Å². The van der Waals surface area contributed by atoms with Crippen LogP contribution < -0.4 is 11.1 Å². The van der Waals surface area contributed by atoms with Crippen LogP contribution >= 0.6 is 11.8 Å². The van der Waals surface area contributed by atoms with Gasteiger partial charge in [0.15, 0.2) is 0 Å². The van der Waals surface area contributed by atoms with Crippen LogP contribution in [-0.2, 0) is 12.3 Å². The summed E-state index contributed by atoms with van der Waals surface area (Å²) in [6.07, 6.45) is 0. The predicted octanol–water partition coefficient (Wildman–Crippen LogP) is 8.87. The maximum absolute atomic E-state index is 6.81. The molecule has 0 amide bonds. The van der Waals surface area contributed by atoms with Crippen LogP contribution in [0.25, 0.3) is 32.3 Å². The Kier molecular flexibility index (Phi) is 6.57. The standard InChI is InChI=1S/C34H30N2S/c1-23(26-7-3-2-4-8-26)36-21-24-12-17-31-30(19-24)15-14-28-16-18-32(34(35)33(28)31)37-22-25-11-13-27-9-5-6-10-29(27)20-25/h2-20,23,36H,21-22,35H2,1H3. The summed E-state index contributed by atoms with van der Waals surface area (Å²) in [4.78, 5) is 1.13. The van der Waals surface area contributed by atoms with E-state index >= 15 is 0 Å². The van der Waals surface area contributed by atoms with Gasteiger partial charge in [0.25, 0.3) is 0 Å². The first-order chi connectivity index (χ1) is 18.2. The van der Waals surface area contributed by atoms with Gasteiger partial charge < -0.3 is 11.1 Å². The third-order valence-electron chi connectivity index (χ3n) is 7.19.